The maximum absolute atomic E-state index is 9.54. The van der Waals surface area contributed by atoms with Crippen molar-refractivity contribution in [3.63, 3.8) is 0 Å². The van der Waals surface area contributed by atoms with Crippen LogP contribution in [-0.4, -0.2) is 15.0 Å². The first kappa shape index (κ1) is 33.6. The van der Waals surface area contributed by atoms with Crippen molar-refractivity contribution in [2.24, 2.45) is 0 Å². The molecular weight excluding hydrogens is 697 g/mol. The van der Waals surface area contributed by atoms with Gasteiger partial charge in [0.25, 0.3) is 0 Å². The zero-order valence-corrected chi connectivity index (χ0v) is 30.7. The fourth-order valence-corrected chi connectivity index (χ4v) is 7.59. The molecule has 2 aromatic heterocycles. The Kier molecular flexibility index (Phi) is 8.48. The van der Waals surface area contributed by atoms with E-state index in [0.717, 1.165) is 77.6 Å². The highest BCUT2D eigenvalue weighted by Gasteiger charge is 2.18. The summed E-state index contributed by atoms with van der Waals surface area (Å²) < 4.78 is 6.60. The maximum Gasteiger partial charge on any atom is 0.164 e. The van der Waals surface area contributed by atoms with Gasteiger partial charge in [-0.25, -0.2) is 15.0 Å². The van der Waals surface area contributed by atoms with E-state index >= 15 is 0 Å². The average molecular weight is 729 g/mol. The van der Waals surface area contributed by atoms with E-state index in [0.29, 0.717) is 23.0 Å². The van der Waals surface area contributed by atoms with Crippen LogP contribution in [0, 0.1) is 11.3 Å². The van der Waals surface area contributed by atoms with Crippen LogP contribution >= 0.6 is 0 Å². The molecule has 10 rings (SSSR count). The Bertz CT molecular complexity index is 3130. The topological polar surface area (TPSA) is 75.6 Å². The number of benzene rings is 8. The minimum Gasteiger partial charge on any atom is -0.456 e. The normalized spacial score (nSPS) is 11.1. The molecule has 10 aromatic rings. The van der Waals surface area contributed by atoms with Crippen molar-refractivity contribution in [2.75, 3.05) is 0 Å². The van der Waals surface area contributed by atoms with E-state index in [4.69, 9.17) is 19.4 Å². The molecule has 0 spiro atoms. The highest BCUT2D eigenvalue weighted by molar-refractivity contribution is 6.14. The van der Waals surface area contributed by atoms with E-state index in [1.54, 1.807) is 0 Å². The van der Waals surface area contributed by atoms with Gasteiger partial charge in [-0.15, -0.1) is 0 Å². The van der Waals surface area contributed by atoms with Crippen LogP contribution in [0.2, 0.25) is 0 Å². The second kappa shape index (κ2) is 14.4. The molecule has 5 heteroatoms. The summed E-state index contributed by atoms with van der Waals surface area (Å²) in [6, 6.07) is 68.1. The van der Waals surface area contributed by atoms with Gasteiger partial charge >= 0.3 is 0 Å². The first-order valence-corrected chi connectivity index (χ1v) is 18.8. The Labute approximate surface area is 329 Å². The van der Waals surface area contributed by atoms with Gasteiger partial charge in [-0.2, -0.15) is 5.26 Å². The molecule has 0 N–H and O–H groups in total. The average Bonchev–Trinajstić information content (AvgIpc) is 3.68. The van der Waals surface area contributed by atoms with Gasteiger partial charge in [-0.3, -0.25) is 0 Å². The minimum absolute atomic E-state index is 0.538. The summed E-state index contributed by atoms with van der Waals surface area (Å²) in [7, 11) is 0. The molecule has 57 heavy (non-hydrogen) atoms. The number of hydrogen-bond donors (Lipinski definition) is 0. The summed E-state index contributed by atoms with van der Waals surface area (Å²) in [5.41, 5.74) is 13.5. The number of furan rings is 1. The van der Waals surface area contributed by atoms with Crippen LogP contribution in [-0.2, 0) is 0 Å². The Balaban J connectivity index is 1.11. The van der Waals surface area contributed by atoms with Crippen molar-refractivity contribution >= 4 is 21.9 Å². The van der Waals surface area contributed by atoms with Gasteiger partial charge in [0.15, 0.2) is 17.5 Å². The lowest BCUT2D eigenvalue weighted by atomic mass is 9.92. The highest BCUT2D eigenvalue weighted by Crippen LogP contribution is 2.41. The third-order valence-corrected chi connectivity index (χ3v) is 10.4. The van der Waals surface area contributed by atoms with Crippen LogP contribution < -0.4 is 0 Å². The van der Waals surface area contributed by atoms with Gasteiger partial charge in [0.05, 0.1) is 11.6 Å². The van der Waals surface area contributed by atoms with Gasteiger partial charge < -0.3 is 4.42 Å². The van der Waals surface area contributed by atoms with Crippen molar-refractivity contribution in [1.82, 2.24) is 15.0 Å². The lowest BCUT2D eigenvalue weighted by Gasteiger charge is -2.11. The van der Waals surface area contributed by atoms with E-state index in [-0.39, 0.29) is 0 Å². The maximum atomic E-state index is 9.54. The van der Waals surface area contributed by atoms with Gasteiger partial charge in [0.2, 0.25) is 0 Å². The molecule has 0 aliphatic heterocycles. The predicted molar refractivity (Wildman–Crippen MR) is 230 cm³/mol. The molecule has 5 nitrogen and oxygen atoms in total. The molecule has 2 heterocycles. The zero-order valence-electron chi connectivity index (χ0n) is 30.7. The fraction of sp³-hybridized carbons (Fsp3) is 0. The van der Waals surface area contributed by atoms with Crippen LogP contribution in [0.5, 0.6) is 0 Å². The molecule has 0 bridgehead atoms. The Morgan fingerprint density at radius 2 is 0.860 bits per heavy atom. The lowest BCUT2D eigenvalue weighted by molar-refractivity contribution is 0.669. The lowest BCUT2D eigenvalue weighted by Crippen LogP contribution is -2.00. The van der Waals surface area contributed by atoms with Crippen molar-refractivity contribution in [3.05, 3.63) is 200 Å². The summed E-state index contributed by atoms with van der Waals surface area (Å²) in [5.74, 6) is 1.65. The quantitative estimate of drug-likeness (QED) is 0.163. The SMILES string of the molecule is N#Cc1cccc(-c2cccc(-c3nc(-c4ccc(-c5ccccc5)cc4)nc(-c4ccc5c(c4)oc4cccc(-c6ccccc6-c6ccccc6)c45)n3)c2)c1. The molecule has 0 atom stereocenters. The summed E-state index contributed by atoms with van der Waals surface area (Å²) >= 11 is 0. The zero-order chi connectivity index (χ0) is 38.1. The van der Waals surface area contributed by atoms with Gasteiger partial charge in [0, 0.05) is 27.5 Å². The number of nitrogens with zero attached hydrogens (tertiary/aromatic N) is 4. The summed E-state index contributed by atoms with van der Waals surface area (Å²) in [6.07, 6.45) is 0. The largest absolute Gasteiger partial charge is 0.456 e. The van der Waals surface area contributed by atoms with E-state index in [9.17, 15) is 5.26 Å². The molecular formula is C52H32N4O. The molecule has 0 aliphatic rings. The molecule has 0 saturated carbocycles. The first-order valence-electron chi connectivity index (χ1n) is 18.8. The smallest absolute Gasteiger partial charge is 0.164 e. The Morgan fingerprint density at radius 1 is 0.351 bits per heavy atom. The van der Waals surface area contributed by atoms with Crippen LogP contribution in [0.1, 0.15) is 5.56 Å². The first-order chi connectivity index (χ1) is 28.2. The molecule has 0 radical (unpaired) electrons. The third kappa shape index (κ3) is 6.42. The number of aromatic nitrogens is 3. The Hall–Kier alpha value is -7.94. The molecule has 0 fully saturated rings. The summed E-state index contributed by atoms with van der Waals surface area (Å²) in [6.45, 7) is 0. The number of rotatable bonds is 7. The van der Waals surface area contributed by atoms with Crippen LogP contribution in [0.3, 0.4) is 0 Å². The molecule has 0 saturated heterocycles. The van der Waals surface area contributed by atoms with E-state index in [1.165, 1.54) is 5.56 Å². The second-order valence-electron chi connectivity index (χ2n) is 13.9. The van der Waals surface area contributed by atoms with Gasteiger partial charge in [-0.1, -0.05) is 158 Å². The van der Waals surface area contributed by atoms with Crippen molar-refractivity contribution in [2.45, 2.75) is 0 Å². The van der Waals surface area contributed by atoms with Crippen molar-refractivity contribution in [3.8, 4) is 84.7 Å². The molecule has 8 aromatic carbocycles. The van der Waals surface area contributed by atoms with E-state index < -0.39 is 0 Å². The van der Waals surface area contributed by atoms with Crippen LogP contribution in [0.4, 0.5) is 0 Å². The van der Waals surface area contributed by atoms with Gasteiger partial charge in [0.1, 0.15) is 11.2 Å². The third-order valence-electron chi connectivity index (χ3n) is 10.4. The van der Waals surface area contributed by atoms with E-state index in [1.807, 2.05) is 78.9 Å². The van der Waals surface area contributed by atoms with Crippen molar-refractivity contribution < 1.29 is 4.42 Å². The van der Waals surface area contributed by atoms with Gasteiger partial charge in [-0.05, 0) is 80.9 Å². The van der Waals surface area contributed by atoms with Crippen LogP contribution in [0.25, 0.3) is 101 Å². The number of hydrogen-bond acceptors (Lipinski definition) is 5. The standard InChI is InChI=1S/C52H32N4O/c53-33-34-12-9-17-39(30-34)40-18-10-19-41(31-40)51-54-50(38-26-24-36(25-27-38)35-13-3-1-4-14-35)55-52(56-51)42-28-29-46-48(32-42)57-47-23-11-22-45(49(46)47)44-21-8-7-20-43(44)37-15-5-2-6-16-37/h1-32H. The molecule has 0 aliphatic carbocycles. The fourth-order valence-electron chi connectivity index (χ4n) is 7.59. The highest BCUT2D eigenvalue weighted by atomic mass is 16.3. The second-order valence-corrected chi connectivity index (χ2v) is 13.9. The summed E-state index contributed by atoms with van der Waals surface area (Å²) in [5, 5.41) is 11.6. The summed E-state index contributed by atoms with van der Waals surface area (Å²) in [4.78, 5) is 15.2. The predicted octanol–water partition coefficient (Wildman–Crippen LogP) is 13.3. The number of fused-ring (bicyclic) bond motifs is 3. The molecule has 0 amide bonds. The van der Waals surface area contributed by atoms with Crippen molar-refractivity contribution in [1.29, 1.82) is 5.26 Å². The van der Waals surface area contributed by atoms with Crippen LogP contribution in [0.15, 0.2) is 199 Å². The minimum atomic E-state index is 0.538. The number of nitriles is 1. The Morgan fingerprint density at radius 3 is 1.60 bits per heavy atom. The molecule has 0 unspecified atom stereocenters. The van der Waals surface area contributed by atoms with E-state index in [2.05, 4.69) is 121 Å². The molecule has 266 valence electrons. The monoisotopic (exact) mass is 728 g/mol.